The third kappa shape index (κ3) is 3.99. The molecule has 20 heavy (non-hydrogen) atoms. The van der Waals surface area contributed by atoms with Crippen molar-refractivity contribution in [2.75, 3.05) is 14.2 Å². The van der Waals surface area contributed by atoms with Gasteiger partial charge in [-0.15, -0.1) is 0 Å². The lowest BCUT2D eigenvalue weighted by Gasteiger charge is -2.21. The molecule has 0 saturated carbocycles. The van der Waals surface area contributed by atoms with Crippen LogP contribution in [0.25, 0.3) is 0 Å². The number of hydrogen-bond acceptors (Lipinski definition) is 4. The van der Waals surface area contributed by atoms with Gasteiger partial charge in [-0.3, -0.25) is 9.63 Å². The summed E-state index contributed by atoms with van der Waals surface area (Å²) in [5.74, 6) is -1.05. The Balaban J connectivity index is 2.93. The minimum absolute atomic E-state index is 0.106. The number of carbonyl (C=O) groups is 1. The summed E-state index contributed by atoms with van der Waals surface area (Å²) in [6.45, 7) is 1.67. The van der Waals surface area contributed by atoms with Crippen LogP contribution < -0.4 is 4.72 Å². The van der Waals surface area contributed by atoms with Crippen molar-refractivity contribution in [2.45, 2.75) is 24.3 Å². The molecule has 1 atom stereocenters. The van der Waals surface area contributed by atoms with Crippen molar-refractivity contribution < 1.29 is 22.4 Å². The highest BCUT2D eigenvalue weighted by molar-refractivity contribution is 7.89. The molecule has 1 rings (SSSR count). The summed E-state index contributed by atoms with van der Waals surface area (Å²) in [5, 5.41) is 0.946. The van der Waals surface area contributed by atoms with Gasteiger partial charge in [0.25, 0.3) is 5.91 Å². The van der Waals surface area contributed by atoms with E-state index in [9.17, 15) is 17.6 Å². The highest BCUT2D eigenvalue weighted by Crippen LogP contribution is 2.11. The van der Waals surface area contributed by atoms with Crippen LogP contribution in [0.5, 0.6) is 0 Å². The number of nitrogens with zero attached hydrogens (tertiary/aromatic N) is 1. The van der Waals surface area contributed by atoms with Crippen molar-refractivity contribution in [1.82, 2.24) is 9.79 Å². The van der Waals surface area contributed by atoms with Gasteiger partial charge >= 0.3 is 0 Å². The molecule has 0 aliphatic rings. The highest BCUT2D eigenvalue weighted by atomic mass is 32.2. The molecular weight excluding hydrogens is 287 g/mol. The van der Waals surface area contributed by atoms with Gasteiger partial charge in [0, 0.05) is 7.05 Å². The first-order chi connectivity index (χ1) is 9.31. The lowest BCUT2D eigenvalue weighted by atomic mass is 10.2. The van der Waals surface area contributed by atoms with E-state index in [-0.39, 0.29) is 11.3 Å². The molecule has 1 unspecified atom stereocenters. The average Bonchev–Trinajstić information content (AvgIpc) is 2.43. The molecular formula is C12H17FN2O4S. The number of amides is 1. The summed E-state index contributed by atoms with van der Waals surface area (Å²) in [7, 11) is -1.20. The average molecular weight is 304 g/mol. The van der Waals surface area contributed by atoms with Crippen molar-refractivity contribution in [2.24, 2.45) is 0 Å². The molecule has 112 valence electrons. The number of nitrogens with one attached hydrogen (secondary N) is 1. The van der Waals surface area contributed by atoms with Crippen molar-refractivity contribution in [3.05, 3.63) is 30.1 Å². The molecule has 0 aromatic heterocycles. The first kappa shape index (κ1) is 16.5. The van der Waals surface area contributed by atoms with E-state index < -0.39 is 27.8 Å². The zero-order valence-electron chi connectivity index (χ0n) is 11.5. The molecule has 0 saturated heterocycles. The van der Waals surface area contributed by atoms with Crippen molar-refractivity contribution in [1.29, 1.82) is 0 Å². The predicted octanol–water partition coefficient (Wildman–Crippen LogP) is 0.902. The van der Waals surface area contributed by atoms with Crippen molar-refractivity contribution in [3.63, 3.8) is 0 Å². The molecule has 1 amide bonds. The lowest BCUT2D eigenvalue weighted by molar-refractivity contribution is -0.170. The van der Waals surface area contributed by atoms with Crippen LogP contribution in [0, 0.1) is 5.82 Å². The molecule has 0 aliphatic carbocycles. The summed E-state index contributed by atoms with van der Waals surface area (Å²) >= 11 is 0. The Labute approximate surface area is 117 Å². The number of likely N-dealkylation sites (N-methyl/N-ethyl adjacent to an activating group) is 1. The molecule has 0 bridgehead atoms. The molecule has 0 aliphatic heterocycles. The van der Waals surface area contributed by atoms with Crippen LogP contribution in [-0.4, -0.2) is 39.6 Å². The van der Waals surface area contributed by atoms with E-state index in [1.54, 1.807) is 6.92 Å². The van der Waals surface area contributed by atoms with Gasteiger partial charge in [0.05, 0.1) is 12.0 Å². The summed E-state index contributed by atoms with van der Waals surface area (Å²) in [4.78, 5) is 16.5. The number of benzene rings is 1. The van der Waals surface area contributed by atoms with E-state index in [4.69, 9.17) is 4.84 Å². The minimum Gasteiger partial charge on any atom is -0.275 e. The Bertz CT molecular complexity index is 559. The zero-order chi connectivity index (χ0) is 15.3. The predicted molar refractivity (Wildman–Crippen MR) is 70.6 cm³/mol. The topological polar surface area (TPSA) is 75.7 Å². The molecule has 1 aromatic rings. The largest absolute Gasteiger partial charge is 0.275 e. The molecule has 0 fully saturated rings. The summed E-state index contributed by atoms with van der Waals surface area (Å²) < 4.78 is 39.2. The third-order valence-corrected chi connectivity index (χ3v) is 4.20. The summed E-state index contributed by atoms with van der Waals surface area (Å²) in [5.41, 5.74) is 0. The molecule has 0 spiro atoms. The minimum atomic E-state index is -3.89. The molecule has 6 nitrogen and oxygen atoms in total. The quantitative estimate of drug-likeness (QED) is 0.792. The maximum atomic E-state index is 12.8. The van der Waals surface area contributed by atoms with Gasteiger partial charge in [-0.25, -0.2) is 17.9 Å². The summed E-state index contributed by atoms with van der Waals surface area (Å²) in [6.07, 6.45) is 0.257. The second-order valence-electron chi connectivity index (χ2n) is 4.05. The highest BCUT2D eigenvalue weighted by Gasteiger charge is 2.26. The van der Waals surface area contributed by atoms with Crippen LogP contribution in [0.15, 0.2) is 29.2 Å². The SMILES string of the molecule is CCC(NS(=O)(=O)c1ccc(F)cc1)C(=O)N(C)OC. The van der Waals surface area contributed by atoms with Crippen LogP contribution in [0.3, 0.4) is 0 Å². The Kier molecular flexibility index (Phi) is 5.61. The van der Waals surface area contributed by atoms with Gasteiger partial charge in [-0.1, -0.05) is 6.92 Å². The van der Waals surface area contributed by atoms with Crippen molar-refractivity contribution in [3.8, 4) is 0 Å². The van der Waals surface area contributed by atoms with E-state index in [0.717, 1.165) is 29.3 Å². The van der Waals surface area contributed by atoms with Gasteiger partial charge < -0.3 is 0 Å². The number of rotatable bonds is 6. The molecule has 1 N–H and O–H groups in total. The molecule has 8 heteroatoms. The number of carbonyl (C=O) groups excluding carboxylic acids is 1. The molecule has 1 aromatic carbocycles. The Morgan fingerprint density at radius 1 is 1.40 bits per heavy atom. The summed E-state index contributed by atoms with van der Waals surface area (Å²) in [6, 6.07) is 3.40. The smallest absolute Gasteiger partial charge is 0.263 e. The van der Waals surface area contributed by atoms with Crippen LogP contribution in [0.4, 0.5) is 4.39 Å². The van der Waals surface area contributed by atoms with Crippen LogP contribution >= 0.6 is 0 Å². The van der Waals surface area contributed by atoms with Gasteiger partial charge in [0.1, 0.15) is 11.9 Å². The van der Waals surface area contributed by atoms with Crippen molar-refractivity contribution >= 4 is 15.9 Å². The van der Waals surface area contributed by atoms with Crippen LogP contribution in [0.1, 0.15) is 13.3 Å². The lowest BCUT2D eigenvalue weighted by Crippen LogP contribution is -2.46. The second-order valence-corrected chi connectivity index (χ2v) is 5.77. The van der Waals surface area contributed by atoms with E-state index in [1.807, 2.05) is 0 Å². The van der Waals surface area contributed by atoms with Crippen LogP contribution in [-0.2, 0) is 19.7 Å². The standard InChI is InChI=1S/C12H17FN2O4S/c1-4-11(12(16)15(2)19-3)14-20(17,18)10-7-5-9(13)6-8-10/h5-8,11,14H,4H2,1-3H3. The van der Waals surface area contributed by atoms with Gasteiger partial charge in [-0.05, 0) is 30.7 Å². The van der Waals surface area contributed by atoms with Gasteiger partial charge in [0.2, 0.25) is 10.0 Å². The maximum absolute atomic E-state index is 12.8. The van der Waals surface area contributed by atoms with E-state index in [1.165, 1.54) is 14.2 Å². The van der Waals surface area contributed by atoms with E-state index >= 15 is 0 Å². The number of sulfonamides is 1. The fourth-order valence-corrected chi connectivity index (χ4v) is 2.76. The molecule has 0 heterocycles. The van der Waals surface area contributed by atoms with E-state index in [2.05, 4.69) is 4.72 Å². The van der Waals surface area contributed by atoms with Gasteiger partial charge in [-0.2, -0.15) is 4.72 Å². The number of hydroxylamine groups is 2. The second kappa shape index (κ2) is 6.78. The normalized spacial score (nSPS) is 13.0. The number of halogens is 1. The molecule has 0 radical (unpaired) electrons. The fraction of sp³-hybridized carbons (Fsp3) is 0.417. The first-order valence-corrected chi connectivity index (χ1v) is 7.39. The number of hydrogen-bond donors (Lipinski definition) is 1. The maximum Gasteiger partial charge on any atom is 0.263 e. The monoisotopic (exact) mass is 304 g/mol. The zero-order valence-corrected chi connectivity index (χ0v) is 12.3. The Morgan fingerprint density at radius 2 is 1.95 bits per heavy atom. The van der Waals surface area contributed by atoms with E-state index in [0.29, 0.717) is 0 Å². The van der Waals surface area contributed by atoms with Crippen LogP contribution in [0.2, 0.25) is 0 Å². The Hall–Kier alpha value is -1.51. The fourth-order valence-electron chi connectivity index (χ4n) is 1.49. The Morgan fingerprint density at radius 3 is 2.40 bits per heavy atom. The van der Waals surface area contributed by atoms with Gasteiger partial charge in [0.15, 0.2) is 0 Å². The third-order valence-electron chi connectivity index (χ3n) is 2.71. The first-order valence-electron chi connectivity index (χ1n) is 5.91.